The van der Waals surface area contributed by atoms with E-state index in [-0.39, 0.29) is 44.6 Å². The molecular weight excluding hydrogens is 865 g/mol. The van der Waals surface area contributed by atoms with E-state index in [1.165, 1.54) is 13.8 Å². The highest BCUT2D eigenvalue weighted by Gasteiger charge is 2.30. The van der Waals surface area contributed by atoms with Crippen LogP contribution in [-0.2, 0) is 57.6 Å². The van der Waals surface area contributed by atoms with Crippen LogP contribution in [0.3, 0.4) is 0 Å². The van der Waals surface area contributed by atoms with Crippen LogP contribution in [-0.4, -0.2) is 119 Å². The summed E-state index contributed by atoms with van der Waals surface area (Å²) in [5, 5.41) is 38.7. The van der Waals surface area contributed by atoms with Gasteiger partial charge in [-0.1, -0.05) is 103 Å². The van der Waals surface area contributed by atoms with E-state index in [0.29, 0.717) is 5.56 Å². The number of aliphatic hydroxyl groups is 1. The predicted octanol–water partition coefficient (Wildman–Crippen LogP) is -0.937. The summed E-state index contributed by atoms with van der Waals surface area (Å²) < 4.78 is 0. The number of aliphatic carboxylic acids is 1. The Hall–Kier alpha value is -7.87. The second kappa shape index (κ2) is 26.2. The monoisotopic (exact) mass is 922 g/mol. The number of amides is 7. The number of hydrogen-bond donors (Lipinski definition) is 11. The molecule has 0 aliphatic rings. The Morgan fingerprint density at radius 2 is 1.07 bits per heavy atom. The van der Waals surface area contributed by atoms with Gasteiger partial charge in [0.25, 0.3) is 0 Å². The fourth-order valence-corrected chi connectivity index (χ4v) is 6.75. The second-order valence-electron chi connectivity index (χ2n) is 15.7. The molecule has 4 aromatic carbocycles. The fourth-order valence-electron chi connectivity index (χ4n) is 6.75. The van der Waals surface area contributed by atoms with Crippen LogP contribution in [0.4, 0.5) is 0 Å². The highest BCUT2D eigenvalue weighted by molar-refractivity contribution is 5.97. The maximum absolute atomic E-state index is 14.0. The number of hydrogen-bond acceptors (Lipinski definition) is 10. The molecule has 20 heteroatoms. The Morgan fingerprint density at radius 1 is 0.552 bits per heavy atom. The number of aliphatic hydroxyl groups excluding tert-OH is 1. The average molecular weight is 923 g/mol. The van der Waals surface area contributed by atoms with E-state index in [0.717, 1.165) is 21.9 Å². The second-order valence-corrected chi connectivity index (χ2v) is 15.7. The lowest BCUT2D eigenvalue weighted by Gasteiger charge is -2.24. The van der Waals surface area contributed by atoms with Crippen LogP contribution in [0.5, 0.6) is 0 Å². The number of rotatable bonds is 25. The van der Waals surface area contributed by atoms with E-state index in [9.17, 15) is 48.6 Å². The molecule has 0 aliphatic heterocycles. The zero-order chi connectivity index (χ0) is 48.9. The minimum absolute atomic E-state index is 0.00366. The number of nitrogens with two attached hydrogens (primary N) is 2. The molecular formula is C47H58N10O10. The van der Waals surface area contributed by atoms with E-state index in [1.54, 1.807) is 42.5 Å². The SMILES string of the molecule is C[C@H](NC(=O)CNC(=O)[C@H](Cc1ccccc1)NC(=O)C(Cc1ccccc1)NC(=O)Cc1ccc2ccccc2c1)C(=O)N[C@@H](CO)C(=O)N[C@@H](C)C(=O)NC(CCCN=C(N)N)C(=O)O. The van der Waals surface area contributed by atoms with Crippen LogP contribution in [0.2, 0.25) is 0 Å². The van der Waals surface area contributed by atoms with Gasteiger partial charge in [0, 0.05) is 19.4 Å². The number of carboxylic acid groups (broad SMARTS) is 1. The van der Waals surface area contributed by atoms with E-state index in [4.69, 9.17) is 11.5 Å². The van der Waals surface area contributed by atoms with Gasteiger partial charge >= 0.3 is 5.97 Å². The van der Waals surface area contributed by atoms with Crippen LogP contribution < -0.4 is 48.7 Å². The van der Waals surface area contributed by atoms with Crippen LogP contribution in [0.25, 0.3) is 10.8 Å². The molecule has 0 aromatic heterocycles. The van der Waals surface area contributed by atoms with E-state index in [2.05, 4.69) is 42.2 Å². The molecule has 0 heterocycles. The van der Waals surface area contributed by atoms with E-state index in [1.807, 2.05) is 60.7 Å². The first-order chi connectivity index (χ1) is 32.0. The Bertz CT molecular complexity index is 2380. The molecule has 13 N–H and O–H groups in total. The molecule has 20 nitrogen and oxygen atoms in total. The standard InChI is InChI=1S/C47H58N10O10/c1-28(41(61)57-38(27-58)45(65)53-29(2)42(62)55-35(46(66)67)18-11-21-50-47(48)49)52-40(60)26-51-43(63)36(23-30-12-5-3-6-13-30)56-44(64)37(24-31-14-7-4-8-15-31)54-39(59)25-32-19-20-33-16-9-10-17-34(33)22-32/h3-10,12-17,19-20,22,28-29,35-38,58H,11,18,21,23-27H2,1-2H3,(H,51,63)(H,52,60)(H,53,65)(H,54,59)(H,55,62)(H,56,64)(H,57,61)(H,66,67)(H4,48,49,50)/t28-,29-,35?,36-,37?,38-/m0/s1. The third-order valence-electron chi connectivity index (χ3n) is 10.3. The molecule has 356 valence electrons. The Kier molecular flexibility index (Phi) is 20.2. The number of aliphatic imine (C=N–C) groups is 1. The molecule has 0 radical (unpaired) electrons. The molecule has 0 fully saturated rings. The normalized spacial score (nSPS) is 13.5. The summed E-state index contributed by atoms with van der Waals surface area (Å²) in [7, 11) is 0. The van der Waals surface area contributed by atoms with Crippen LogP contribution >= 0.6 is 0 Å². The highest BCUT2D eigenvalue weighted by atomic mass is 16.4. The lowest BCUT2D eigenvalue weighted by Crippen LogP contribution is -2.58. The maximum Gasteiger partial charge on any atom is 0.326 e. The first-order valence-electron chi connectivity index (χ1n) is 21.5. The number of carbonyl (C=O) groups excluding carboxylic acids is 7. The fraction of sp³-hybridized carbons (Fsp3) is 0.340. The third-order valence-corrected chi connectivity index (χ3v) is 10.3. The van der Waals surface area contributed by atoms with Crippen molar-refractivity contribution in [2.45, 2.75) is 82.2 Å². The van der Waals surface area contributed by atoms with Gasteiger partial charge in [-0.15, -0.1) is 0 Å². The first kappa shape index (κ1) is 51.8. The number of nitrogens with zero attached hydrogens (tertiary/aromatic N) is 1. The van der Waals surface area contributed by atoms with Crippen molar-refractivity contribution < 1.29 is 48.6 Å². The minimum Gasteiger partial charge on any atom is -0.480 e. The number of nitrogens with one attached hydrogen (secondary N) is 7. The number of fused-ring (bicyclic) bond motifs is 1. The van der Waals surface area contributed by atoms with Gasteiger partial charge in [0.05, 0.1) is 19.6 Å². The van der Waals surface area contributed by atoms with Crippen molar-refractivity contribution in [3.05, 3.63) is 120 Å². The largest absolute Gasteiger partial charge is 0.480 e. The summed E-state index contributed by atoms with van der Waals surface area (Å²) in [6.07, 6.45) is 0.345. The number of guanidine groups is 1. The molecule has 2 unspecified atom stereocenters. The van der Waals surface area contributed by atoms with Crippen molar-refractivity contribution in [1.82, 2.24) is 37.2 Å². The molecule has 0 bridgehead atoms. The summed E-state index contributed by atoms with van der Waals surface area (Å²) >= 11 is 0. The van der Waals surface area contributed by atoms with Crippen molar-refractivity contribution in [3.63, 3.8) is 0 Å². The highest BCUT2D eigenvalue weighted by Crippen LogP contribution is 2.16. The van der Waals surface area contributed by atoms with Gasteiger partial charge in [0.1, 0.15) is 36.3 Å². The molecule has 0 saturated heterocycles. The Balaban J connectivity index is 1.34. The summed E-state index contributed by atoms with van der Waals surface area (Å²) in [6, 6.07) is 23.5. The van der Waals surface area contributed by atoms with Crippen molar-refractivity contribution >= 4 is 64.1 Å². The maximum atomic E-state index is 14.0. The number of carbonyl (C=O) groups is 8. The summed E-state index contributed by atoms with van der Waals surface area (Å²) in [5.41, 5.74) is 12.7. The van der Waals surface area contributed by atoms with Crippen molar-refractivity contribution in [1.29, 1.82) is 0 Å². The van der Waals surface area contributed by atoms with Gasteiger partial charge < -0.3 is 58.9 Å². The van der Waals surface area contributed by atoms with Gasteiger partial charge in [-0.3, -0.25) is 38.6 Å². The molecule has 67 heavy (non-hydrogen) atoms. The van der Waals surface area contributed by atoms with Gasteiger partial charge in [-0.2, -0.15) is 0 Å². The molecule has 6 atom stereocenters. The van der Waals surface area contributed by atoms with Crippen LogP contribution in [0, 0.1) is 0 Å². The molecule has 4 rings (SSSR count). The van der Waals surface area contributed by atoms with E-state index >= 15 is 0 Å². The molecule has 0 aliphatic carbocycles. The number of carboxylic acids is 1. The van der Waals surface area contributed by atoms with Crippen LogP contribution in [0.15, 0.2) is 108 Å². The molecule has 7 amide bonds. The summed E-state index contributed by atoms with van der Waals surface area (Å²) in [5.74, 6) is -6.84. The Morgan fingerprint density at radius 3 is 1.66 bits per heavy atom. The van der Waals surface area contributed by atoms with Gasteiger partial charge in [0.15, 0.2) is 5.96 Å². The smallest absolute Gasteiger partial charge is 0.326 e. The van der Waals surface area contributed by atoms with Crippen molar-refractivity contribution in [3.8, 4) is 0 Å². The predicted molar refractivity (Wildman–Crippen MR) is 249 cm³/mol. The van der Waals surface area contributed by atoms with Gasteiger partial charge in [-0.05, 0) is 54.2 Å². The lowest BCUT2D eigenvalue weighted by atomic mass is 10.0. The topological polar surface area (TPSA) is 326 Å². The lowest BCUT2D eigenvalue weighted by molar-refractivity contribution is -0.142. The summed E-state index contributed by atoms with van der Waals surface area (Å²) in [6.45, 7) is 1.15. The van der Waals surface area contributed by atoms with Gasteiger partial charge in [0.2, 0.25) is 41.4 Å². The van der Waals surface area contributed by atoms with Gasteiger partial charge in [-0.25, -0.2) is 4.79 Å². The van der Waals surface area contributed by atoms with E-state index < -0.39 is 96.7 Å². The zero-order valence-corrected chi connectivity index (χ0v) is 37.2. The summed E-state index contributed by atoms with van der Waals surface area (Å²) in [4.78, 5) is 108. The van der Waals surface area contributed by atoms with Crippen molar-refractivity contribution in [2.24, 2.45) is 16.5 Å². The third kappa shape index (κ3) is 17.6. The molecule has 0 saturated carbocycles. The Labute approximate surface area is 387 Å². The first-order valence-corrected chi connectivity index (χ1v) is 21.5. The molecule has 0 spiro atoms. The number of benzene rings is 4. The van der Waals surface area contributed by atoms with Crippen molar-refractivity contribution in [2.75, 3.05) is 19.7 Å². The van der Waals surface area contributed by atoms with Crippen LogP contribution in [0.1, 0.15) is 43.4 Å². The zero-order valence-electron chi connectivity index (χ0n) is 37.2. The minimum atomic E-state index is -1.58. The average Bonchev–Trinajstić information content (AvgIpc) is 3.30. The quantitative estimate of drug-likeness (QED) is 0.0218. The molecule has 4 aromatic rings.